The van der Waals surface area contributed by atoms with Crippen LogP contribution in [0.3, 0.4) is 0 Å². The van der Waals surface area contributed by atoms with Crippen molar-refractivity contribution in [1.82, 2.24) is 9.88 Å². The molecule has 0 aliphatic rings. The maximum absolute atomic E-state index is 12.8. The van der Waals surface area contributed by atoms with Crippen LogP contribution >= 0.6 is 11.3 Å². The third-order valence-corrected chi connectivity index (χ3v) is 4.76. The normalized spacial score (nSPS) is 10.6. The number of hydrogen-bond donors (Lipinski definition) is 1. The average Bonchev–Trinajstić information content (AvgIpc) is 3.08. The molecule has 0 radical (unpaired) electrons. The van der Waals surface area contributed by atoms with E-state index in [1.165, 1.54) is 16.2 Å². The molecule has 0 unspecified atom stereocenters. The number of hydrogen-bond acceptors (Lipinski definition) is 4. The first-order chi connectivity index (χ1) is 11.7. The van der Waals surface area contributed by atoms with E-state index in [0.717, 1.165) is 16.1 Å². The number of aliphatic hydroxyl groups excluding tert-OH is 1. The van der Waals surface area contributed by atoms with Crippen LogP contribution in [-0.4, -0.2) is 41.1 Å². The van der Waals surface area contributed by atoms with Gasteiger partial charge in [-0.1, -0.05) is 60.7 Å². The summed E-state index contributed by atoms with van der Waals surface area (Å²) in [7, 11) is 1.69. The van der Waals surface area contributed by atoms with Gasteiger partial charge in [0.15, 0.2) is 0 Å². The lowest BCUT2D eigenvalue weighted by molar-refractivity contribution is 0.0772. The van der Waals surface area contributed by atoms with Gasteiger partial charge in [0.1, 0.15) is 9.88 Å². The molecule has 0 bridgehead atoms. The summed E-state index contributed by atoms with van der Waals surface area (Å²) in [5, 5.41) is 9.91. The zero-order chi connectivity index (χ0) is 16.9. The van der Waals surface area contributed by atoms with E-state index in [2.05, 4.69) is 0 Å². The van der Waals surface area contributed by atoms with Gasteiger partial charge in [-0.2, -0.15) is 0 Å². The van der Waals surface area contributed by atoms with Crippen LogP contribution in [0.1, 0.15) is 9.67 Å². The van der Waals surface area contributed by atoms with Crippen molar-refractivity contribution in [3.8, 4) is 21.8 Å². The number of carbonyl (C=O) groups excluding carboxylic acids is 1. The summed E-state index contributed by atoms with van der Waals surface area (Å²) in [6.45, 7) is 0.235. The first-order valence-corrected chi connectivity index (χ1v) is 8.50. The van der Waals surface area contributed by atoms with Crippen molar-refractivity contribution < 1.29 is 9.90 Å². The van der Waals surface area contributed by atoms with Crippen molar-refractivity contribution in [3.63, 3.8) is 0 Å². The number of thiazole rings is 1. The Kier molecular flexibility index (Phi) is 5.03. The van der Waals surface area contributed by atoms with Gasteiger partial charge in [-0.15, -0.1) is 11.3 Å². The predicted molar refractivity (Wildman–Crippen MR) is 97.0 cm³/mol. The molecule has 1 amide bonds. The fourth-order valence-corrected chi connectivity index (χ4v) is 3.47. The van der Waals surface area contributed by atoms with Gasteiger partial charge < -0.3 is 10.0 Å². The third kappa shape index (κ3) is 3.37. The molecular formula is C19H18N2O2S. The van der Waals surface area contributed by atoms with Gasteiger partial charge in [0, 0.05) is 24.7 Å². The van der Waals surface area contributed by atoms with Crippen molar-refractivity contribution in [2.75, 3.05) is 20.2 Å². The lowest BCUT2D eigenvalue weighted by Crippen LogP contribution is -2.29. The highest BCUT2D eigenvalue weighted by Gasteiger charge is 2.22. The van der Waals surface area contributed by atoms with Crippen LogP contribution < -0.4 is 0 Å². The van der Waals surface area contributed by atoms with Gasteiger partial charge >= 0.3 is 0 Å². The summed E-state index contributed by atoms with van der Waals surface area (Å²) >= 11 is 1.39. The average molecular weight is 338 g/mol. The molecule has 1 aromatic heterocycles. The second-order valence-electron chi connectivity index (χ2n) is 5.38. The fraction of sp³-hybridized carbons (Fsp3) is 0.158. The molecular weight excluding hydrogens is 320 g/mol. The molecule has 0 atom stereocenters. The second-order valence-corrected chi connectivity index (χ2v) is 6.38. The van der Waals surface area contributed by atoms with E-state index in [-0.39, 0.29) is 12.5 Å². The van der Waals surface area contributed by atoms with E-state index in [9.17, 15) is 4.79 Å². The number of likely N-dealkylation sites (N-methyl/N-ethyl adjacent to an activating group) is 1. The number of carbonyl (C=O) groups is 1. The van der Waals surface area contributed by atoms with Crippen LogP contribution in [0.5, 0.6) is 0 Å². The molecule has 122 valence electrons. The van der Waals surface area contributed by atoms with Crippen LogP contribution in [0.4, 0.5) is 0 Å². The summed E-state index contributed by atoms with van der Waals surface area (Å²) in [6.07, 6.45) is 0. The summed E-state index contributed by atoms with van der Waals surface area (Å²) in [5.41, 5.74) is 2.59. The lowest BCUT2D eigenvalue weighted by atomic mass is 10.1. The van der Waals surface area contributed by atoms with Crippen LogP contribution in [0, 0.1) is 0 Å². The Labute approximate surface area is 145 Å². The Bertz CT molecular complexity index is 816. The quantitative estimate of drug-likeness (QED) is 0.774. The summed E-state index contributed by atoms with van der Waals surface area (Å²) < 4.78 is 0. The zero-order valence-corrected chi connectivity index (χ0v) is 14.2. The molecule has 0 spiro atoms. The number of amides is 1. The minimum atomic E-state index is -0.123. The highest BCUT2D eigenvalue weighted by atomic mass is 32.1. The van der Waals surface area contributed by atoms with Crippen molar-refractivity contribution >= 4 is 17.2 Å². The topological polar surface area (TPSA) is 53.4 Å². The first-order valence-electron chi connectivity index (χ1n) is 7.68. The van der Waals surface area contributed by atoms with Crippen LogP contribution in [0.25, 0.3) is 21.8 Å². The molecule has 3 rings (SSSR count). The maximum atomic E-state index is 12.8. The highest BCUT2D eigenvalue weighted by molar-refractivity contribution is 7.17. The fourth-order valence-electron chi connectivity index (χ4n) is 2.39. The Morgan fingerprint density at radius 1 is 1.04 bits per heavy atom. The monoisotopic (exact) mass is 338 g/mol. The molecule has 5 heteroatoms. The summed E-state index contributed by atoms with van der Waals surface area (Å²) in [5.74, 6) is -0.123. The molecule has 0 saturated heterocycles. The third-order valence-electron chi connectivity index (χ3n) is 3.67. The smallest absolute Gasteiger partial charge is 0.266 e. The molecule has 0 aliphatic carbocycles. The zero-order valence-electron chi connectivity index (χ0n) is 13.3. The number of benzene rings is 2. The van der Waals surface area contributed by atoms with Crippen LogP contribution in [-0.2, 0) is 0 Å². The lowest BCUT2D eigenvalue weighted by Gasteiger charge is -2.15. The highest BCUT2D eigenvalue weighted by Crippen LogP contribution is 2.34. The van der Waals surface area contributed by atoms with E-state index in [1.54, 1.807) is 7.05 Å². The number of aromatic nitrogens is 1. The Morgan fingerprint density at radius 2 is 1.62 bits per heavy atom. The van der Waals surface area contributed by atoms with Gasteiger partial charge in [0.2, 0.25) is 0 Å². The van der Waals surface area contributed by atoms with E-state index < -0.39 is 0 Å². The molecule has 24 heavy (non-hydrogen) atoms. The Hall–Kier alpha value is -2.50. The van der Waals surface area contributed by atoms with Crippen LogP contribution in [0.15, 0.2) is 60.7 Å². The summed E-state index contributed by atoms with van der Waals surface area (Å²) in [4.78, 5) is 19.6. The van der Waals surface area contributed by atoms with Gasteiger partial charge in [0.25, 0.3) is 5.91 Å². The van der Waals surface area contributed by atoms with Crippen molar-refractivity contribution in [2.24, 2.45) is 0 Å². The van der Waals surface area contributed by atoms with Crippen molar-refractivity contribution in [3.05, 3.63) is 65.5 Å². The van der Waals surface area contributed by atoms with Crippen molar-refractivity contribution in [1.29, 1.82) is 0 Å². The number of rotatable bonds is 5. The molecule has 2 aromatic carbocycles. The van der Waals surface area contributed by atoms with Gasteiger partial charge in [0.05, 0.1) is 12.3 Å². The molecule has 1 heterocycles. The minimum Gasteiger partial charge on any atom is -0.395 e. The van der Waals surface area contributed by atoms with E-state index in [1.807, 2.05) is 60.7 Å². The number of nitrogens with zero attached hydrogens (tertiary/aromatic N) is 2. The second kappa shape index (κ2) is 7.38. The van der Waals surface area contributed by atoms with Crippen molar-refractivity contribution in [2.45, 2.75) is 0 Å². The Morgan fingerprint density at radius 3 is 2.21 bits per heavy atom. The summed E-state index contributed by atoms with van der Waals surface area (Å²) in [6, 6.07) is 19.5. The molecule has 0 saturated carbocycles. The first kappa shape index (κ1) is 16.4. The van der Waals surface area contributed by atoms with Crippen LogP contribution in [0.2, 0.25) is 0 Å². The van der Waals surface area contributed by atoms with E-state index in [0.29, 0.717) is 17.1 Å². The molecule has 4 nitrogen and oxygen atoms in total. The van der Waals surface area contributed by atoms with Gasteiger partial charge in [-0.3, -0.25) is 4.79 Å². The predicted octanol–water partition coefficient (Wildman–Crippen LogP) is 3.54. The number of aliphatic hydroxyl groups is 1. The SMILES string of the molecule is CN(CCO)C(=O)c1sc(-c2ccccc2)nc1-c1ccccc1. The van der Waals surface area contributed by atoms with E-state index in [4.69, 9.17) is 10.1 Å². The van der Waals surface area contributed by atoms with Gasteiger partial charge in [-0.05, 0) is 0 Å². The van der Waals surface area contributed by atoms with Gasteiger partial charge in [-0.25, -0.2) is 4.98 Å². The molecule has 0 fully saturated rings. The maximum Gasteiger partial charge on any atom is 0.266 e. The largest absolute Gasteiger partial charge is 0.395 e. The van der Waals surface area contributed by atoms with E-state index >= 15 is 0 Å². The Balaban J connectivity index is 2.09. The molecule has 1 N–H and O–H groups in total. The molecule has 0 aliphatic heterocycles. The standard InChI is InChI=1S/C19H18N2O2S/c1-21(12-13-22)19(23)17-16(14-8-4-2-5-9-14)20-18(24-17)15-10-6-3-7-11-15/h2-11,22H,12-13H2,1H3. The molecule has 3 aromatic rings. The minimum absolute atomic E-state index is 0.0622.